The maximum atomic E-state index is 12.3. The molecule has 0 radical (unpaired) electrons. The predicted molar refractivity (Wildman–Crippen MR) is 99.3 cm³/mol. The molecule has 0 unspecified atom stereocenters. The van der Waals surface area contributed by atoms with Gasteiger partial charge in [-0.05, 0) is 40.6 Å². The molecular formula is C15H32N2O3P2. The van der Waals surface area contributed by atoms with Crippen molar-refractivity contribution in [3.8, 4) is 0 Å². The van der Waals surface area contributed by atoms with Gasteiger partial charge in [-0.3, -0.25) is 4.79 Å². The number of nitrogens with zero attached hydrogens (tertiary/aromatic N) is 2. The van der Waals surface area contributed by atoms with Crippen LogP contribution in [0.1, 0.15) is 19.8 Å². The van der Waals surface area contributed by atoms with E-state index in [4.69, 9.17) is 0 Å². The Morgan fingerprint density at radius 2 is 1.55 bits per heavy atom. The van der Waals surface area contributed by atoms with E-state index in [2.05, 4.69) is 24.5 Å². The predicted octanol–water partition coefficient (Wildman–Crippen LogP) is 2.36. The second-order valence-corrected chi connectivity index (χ2v) is 14.8. The molecule has 130 valence electrons. The second kappa shape index (κ2) is 9.05. The maximum absolute atomic E-state index is 12.3. The Kier molecular flexibility index (Phi) is 8.90. The largest absolute Gasteiger partial charge is 0.334 e. The van der Waals surface area contributed by atoms with Crippen molar-refractivity contribution in [2.75, 3.05) is 59.4 Å². The first kappa shape index (κ1) is 21.6. The highest BCUT2D eigenvalue weighted by molar-refractivity contribution is 7.72. The molecule has 7 heteroatoms. The van der Waals surface area contributed by atoms with Gasteiger partial charge in [-0.1, -0.05) is 6.30 Å². The van der Waals surface area contributed by atoms with Gasteiger partial charge in [0.2, 0.25) is 5.91 Å². The number of rotatable bonds is 10. The molecule has 1 amide bonds. The molecule has 0 spiro atoms. The summed E-state index contributed by atoms with van der Waals surface area (Å²) >= 11 is 0. The third kappa shape index (κ3) is 12.2. The molecule has 0 saturated carbocycles. The van der Waals surface area contributed by atoms with Crippen molar-refractivity contribution in [3.63, 3.8) is 0 Å². The van der Waals surface area contributed by atoms with E-state index in [0.29, 0.717) is 6.54 Å². The summed E-state index contributed by atoms with van der Waals surface area (Å²) in [7, 11) is -0.311. The van der Waals surface area contributed by atoms with E-state index in [1.807, 2.05) is 7.05 Å². The van der Waals surface area contributed by atoms with Gasteiger partial charge in [0.15, 0.2) is 0 Å². The smallest absolute Gasteiger partial charge is 0.223 e. The Balaban J connectivity index is 4.66. The summed E-state index contributed by atoms with van der Waals surface area (Å²) in [5.74, 6) is -0.0820. The molecule has 0 fully saturated rings. The van der Waals surface area contributed by atoms with Crippen LogP contribution in [0, 0.1) is 0 Å². The first-order valence-electron chi connectivity index (χ1n) is 7.47. The molecule has 0 aromatic heterocycles. The highest BCUT2D eigenvalue weighted by Crippen LogP contribution is 2.37. The van der Waals surface area contributed by atoms with Crippen molar-refractivity contribution in [1.29, 1.82) is 0 Å². The summed E-state index contributed by atoms with van der Waals surface area (Å²) in [6, 6.07) is 0. The van der Waals surface area contributed by atoms with Gasteiger partial charge < -0.3 is 19.2 Å². The molecule has 0 aromatic carbocycles. The van der Waals surface area contributed by atoms with Crippen molar-refractivity contribution < 1.29 is 14.2 Å². The van der Waals surface area contributed by atoms with E-state index in [1.54, 1.807) is 18.2 Å². The molecule has 0 rings (SSSR count). The van der Waals surface area contributed by atoms with E-state index in [1.165, 1.54) is 6.92 Å². The molecule has 0 atom stereocenters. The fourth-order valence-electron chi connectivity index (χ4n) is 2.14. The maximum Gasteiger partial charge on any atom is 0.223 e. The minimum atomic E-state index is -2.33. The lowest BCUT2D eigenvalue weighted by molar-refractivity contribution is -0.132. The van der Waals surface area contributed by atoms with Crippen molar-refractivity contribution in [2.24, 2.45) is 0 Å². The fraction of sp³-hybridized carbons (Fsp3) is 0.800. The van der Waals surface area contributed by atoms with E-state index >= 15 is 0 Å². The monoisotopic (exact) mass is 350 g/mol. The zero-order valence-corrected chi connectivity index (χ0v) is 16.8. The van der Waals surface area contributed by atoms with E-state index in [-0.39, 0.29) is 30.8 Å². The van der Waals surface area contributed by atoms with Crippen molar-refractivity contribution >= 4 is 32.0 Å². The average Bonchev–Trinajstić information content (AvgIpc) is 2.27. The van der Waals surface area contributed by atoms with Crippen LogP contribution in [-0.4, -0.2) is 87.2 Å². The standard InChI is InChI=1S/C15H32N2O3P2/c1-14(18)8-9-15(19)17(13-22(6,7)20)11-10-16(2)12-21(3,4)5/h3,8-13H2,1-2,4-7H3. The van der Waals surface area contributed by atoms with Gasteiger partial charge in [-0.15, -0.1) is 6.89 Å². The van der Waals surface area contributed by atoms with Crippen LogP contribution in [0.2, 0.25) is 0 Å². The number of amides is 1. The van der Waals surface area contributed by atoms with Crippen LogP contribution in [-0.2, 0) is 14.2 Å². The minimum Gasteiger partial charge on any atom is -0.334 e. The Hall–Kier alpha value is -0.370. The van der Waals surface area contributed by atoms with Crippen LogP contribution < -0.4 is 0 Å². The number of likely N-dealkylation sites (N-methyl/N-ethyl adjacent to an activating group) is 1. The van der Waals surface area contributed by atoms with Crippen LogP contribution >= 0.6 is 14.0 Å². The van der Waals surface area contributed by atoms with Crippen LogP contribution in [0.3, 0.4) is 0 Å². The fourth-order valence-corrected chi connectivity index (χ4v) is 4.71. The van der Waals surface area contributed by atoms with Crippen LogP contribution in [0.4, 0.5) is 0 Å². The first-order chi connectivity index (χ1) is 9.80. The van der Waals surface area contributed by atoms with E-state index < -0.39 is 14.0 Å². The first-order valence-corrected chi connectivity index (χ1v) is 13.3. The SMILES string of the molecule is C=P(C)(C)CN(C)CCN(CP(C)(C)=O)C(=O)CCC(C)=O. The highest BCUT2D eigenvalue weighted by Gasteiger charge is 2.20. The number of Topliss-reactive ketones (excluding diaryl/α,β-unsaturated/α-hetero) is 1. The summed E-state index contributed by atoms with van der Waals surface area (Å²) in [6.45, 7) is 9.32. The summed E-state index contributed by atoms with van der Waals surface area (Å²) in [5.41, 5.74) is 0. The van der Waals surface area contributed by atoms with Crippen LogP contribution in [0.15, 0.2) is 0 Å². The minimum absolute atomic E-state index is 0.00482. The summed E-state index contributed by atoms with van der Waals surface area (Å²) in [6.07, 6.45) is 5.85. The number of carbonyl (C=O) groups excluding carboxylic acids is 2. The second-order valence-electron chi connectivity index (χ2n) is 7.23. The average molecular weight is 350 g/mol. The number of carbonyl (C=O) groups is 2. The Labute approximate surface area is 135 Å². The molecule has 0 bridgehead atoms. The normalized spacial score (nSPS) is 12.5. The van der Waals surface area contributed by atoms with Crippen molar-refractivity contribution in [3.05, 3.63) is 0 Å². The van der Waals surface area contributed by atoms with Crippen LogP contribution in [0.25, 0.3) is 0 Å². The molecule has 0 N–H and O–H groups in total. The van der Waals surface area contributed by atoms with Gasteiger partial charge in [-0.2, -0.15) is 0 Å². The van der Waals surface area contributed by atoms with Crippen molar-refractivity contribution in [2.45, 2.75) is 19.8 Å². The van der Waals surface area contributed by atoms with Gasteiger partial charge in [0, 0.05) is 32.2 Å². The molecule has 0 aromatic rings. The molecule has 5 nitrogen and oxygen atoms in total. The lowest BCUT2D eigenvalue weighted by Crippen LogP contribution is -2.38. The summed E-state index contributed by atoms with van der Waals surface area (Å²) in [4.78, 5) is 27.1. The zero-order valence-electron chi connectivity index (χ0n) is 15.0. The molecule has 0 aliphatic heterocycles. The molecule has 22 heavy (non-hydrogen) atoms. The van der Waals surface area contributed by atoms with Gasteiger partial charge in [0.1, 0.15) is 12.9 Å². The zero-order chi connectivity index (χ0) is 17.6. The van der Waals surface area contributed by atoms with Crippen LogP contribution in [0.5, 0.6) is 0 Å². The molecular weight excluding hydrogens is 318 g/mol. The Morgan fingerprint density at radius 1 is 1.00 bits per heavy atom. The summed E-state index contributed by atoms with van der Waals surface area (Å²) in [5, 5.41) is 0. The highest BCUT2D eigenvalue weighted by atomic mass is 31.2. The lowest BCUT2D eigenvalue weighted by atomic mass is 10.2. The molecule has 0 aliphatic rings. The number of ketones is 1. The Bertz CT molecular complexity index is 479. The molecule has 0 saturated heterocycles. The van der Waals surface area contributed by atoms with E-state index in [9.17, 15) is 14.2 Å². The molecule has 0 aliphatic carbocycles. The quantitative estimate of drug-likeness (QED) is 0.568. The van der Waals surface area contributed by atoms with Gasteiger partial charge in [0.05, 0.1) is 6.29 Å². The third-order valence-electron chi connectivity index (χ3n) is 2.93. The Morgan fingerprint density at radius 3 is 1.95 bits per heavy atom. The number of hydrogen-bond acceptors (Lipinski definition) is 4. The van der Waals surface area contributed by atoms with E-state index in [0.717, 1.165) is 12.8 Å². The number of hydrogen-bond donors (Lipinski definition) is 0. The van der Waals surface area contributed by atoms with Gasteiger partial charge >= 0.3 is 0 Å². The molecule has 0 heterocycles. The third-order valence-corrected chi connectivity index (χ3v) is 5.20. The van der Waals surface area contributed by atoms with Gasteiger partial charge in [0.25, 0.3) is 0 Å². The lowest BCUT2D eigenvalue weighted by Gasteiger charge is -2.29. The van der Waals surface area contributed by atoms with Gasteiger partial charge in [-0.25, -0.2) is 0 Å². The van der Waals surface area contributed by atoms with Crippen molar-refractivity contribution in [1.82, 2.24) is 9.80 Å². The topological polar surface area (TPSA) is 57.7 Å². The summed E-state index contributed by atoms with van der Waals surface area (Å²) < 4.78 is 12.1.